The summed E-state index contributed by atoms with van der Waals surface area (Å²) in [4.78, 5) is 14.0. The van der Waals surface area contributed by atoms with Gasteiger partial charge in [-0.25, -0.2) is 10.1 Å². The standard InChI is InChI=1S/C9H8N2O/c1-11-9(6-10)7-3-2-4-8(12)5-7/h2-5H2/b9-7-. The lowest BCUT2D eigenvalue weighted by Gasteiger charge is -2.12. The minimum absolute atomic E-state index is 0.114. The molecule has 1 aliphatic rings. The number of Topliss-reactive ketones (excluding diaryl/α,β-unsaturated/α-hetero) is 1. The van der Waals surface area contributed by atoms with Gasteiger partial charge < -0.3 is 0 Å². The second-order valence-corrected chi connectivity index (χ2v) is 2.74. The Bertz CT molecular complexity index is 298. The third kappa shape index (κ3) is 1.71. The molecule has 0 radical (unpaired) electrons. The summed E-state index contributed by atoms with van der Waals surface area (Å²) in [7, 11) is 0. The third-order valence-corrected chi connectivity index (χ3v) is 1.90. The van der Waals surface area contributed by atoms with E-state index in [1.807, 2.05) is 6.07 Å². The first-order valence-corrected chi connectivity index (χ1v) is 3.79. The number of ketones is 1. The predicted octanol–water partition coefficient (Wildman–Crippen LogP) is 1.83. The van der Waals surface area contributed by atoms with Crippen LogP contribution in [0.2, 0.25) is 0 Å². The first-order chi connectivity index (χ1) is 5.77. The highest BCUT2D eigenvalue weighted by atomic mass is 16.1. The maximum Gasteiger partial charge on any atom is 0.261 e. The summed E-state index contributed by atoms with van der Waals surface area (Å²) >= 11 is 0. The first-order valence-electron chi connectivity index (χ1n) is 3.79. The number of rotatable bonds is 0. The second kappa shape index (κ2) is 3.69. The topological polar surface area (TPSA) is 45.2 Å². The molecule has 0 saturated heterocycles. The van der Waals surface area contributed by atoms with Gasteiger partial charge in [0.1, 0.15) is 5.78 Å². The second-order valence-electron chi connectivity index (χ2n) is 2.74. The zero-order chi connectivity index (χ0) is 8.97. The fraction of sp³-hybridized carbons (Fsp3) is 0.444. The van der Waals surface area contributed by atoms with Crippen molar-refractivity contribution in [2.45, 2.75) is 25.7 Å². The van der Waals surface area contributed by atoms with E-state index in [-0.39, 0.29) is 11.5 Å². The fourth-order valence-electron chi connectivity index (χ4n) is 1.30. The molecule has 0 aromatic rings. The van der Waals surface area contributed by atoms with E-state index in [0.29, 0.717) is 12.8 Å². The molecule has 0 amide bonds. The fourth-order valence-corrected chi connectivity index (χ4v) is 1.30. The Hall–Kier alpha value is -1.61. The number of carbonyl (C=O) groups is 1. The normalized spacial score (nSPS) is 21.0. The van der Waals surface area contributed by atoms with Gasteiger partial charge in [-0.15, -0.1) is 0 Å². The van der Waals surface area contributed by atoms with Gasteiger partial charge in [0, 0.05) is 12.8 Å². The summed E-state index contributed by atoms with van der Waals surface area (Å²) in [5, 5.41) is 8.53. The Kier molecular flexibility index (Phi) is 2.61. The molecule has 0 spiro atoms. The molecule has 60 valence electrons. The third-order valence-electron chi connectivity index (χ3n) is 1.90. The highest BCUT2D eigenvalue weighted by Gasteiger charge is 2.16. The van der Waals surface area contributed by atoms with Gasteiger partial charge in [-0.1, -0.05) is 0 Å². The Balaban J connectivity index is 2.88. The van der Waals surface area contributed by atoms with Crippen molar-refractivity contribution >= 4 is 5.78 Å². The van der Waals surface area contributed by atoms with E-state index in [9.17, 15) is 4.79 Å². The summed E-state index contributed by atoms with van der Waals surface area (Å²) in [6.07, 6.45) is 2.43. The number of hydrogen-bond donors (Lipinski definition) is 0. The quantitative estimate of drug-likeness (QED) is 0.401. The van der Waals surface area contributed by atoms with Crippen molar-refractivity contribution in [3.8, 4) is 6.07 Å². The van der Waals surface area contributed by atoms with Gasteiger partial charge in [-0.3, -0.25) is 4.79 Å². The van der Waals surface area contributed by atoms with Crippen LogP contribution in [0, 0.1) is 17.9 Å². The van der Waals surface area contributed by atoms with Crippen molar-refractivity contribution in [1.29, 1.82) is 5.26 Å². The maximum atomic E-state index is 11.0. The molecular weight excluding hydrogens is 152 g/mol. The van der Waals surface area contributed by atoms with Crippen molar-refractivity contribution in [3.63, 3.8) is 0 Å². The SMILES string of the molecule is [C-]#[N+]/C(C#N)=C1/CCCC(=O)C1. The molecule has 3 nitrogen and oxygen atoms in total. The van der Waals surface area contributed by atoms with Gasteiger partial charge in [-0.2, -0.15) is 0 Å². The van der Waals surface area contributed by atoms with E-state index >= 15 is 0 Å². The van der Waals surface area contributed by atoms with Crippen molar-refractivity contribution in [3.05, 3.63) is 22.7 Å². The van der Waals surface area contributed by atoms with Crippen LogP contribution in [0.1, 0.15) is 25.7 Å². The van der Waals surface area contributed by atoms with Crippen LogP contribution in [0.25, 0.3) is 4.85 Å². The summed E-state index contributed by atoms with van der Waals surface area (Å²) in [5.41, 5.74) is 0.840. The molecule has 0 unspecified atom stereocenters. The summed E-state index contributed by atoms with van der Waals surface area (Å²) in [6.45, 7) is 6.70. The monoisotopic (exact) mass is 160 g/mol. The molecule has 1 aliphatic carbocycles. The van der Waals surface area contributed by atoms with Crippen molar-refractivity contribution in [2.75, 3.05) is 0 Å². The van der Waals surface area contributed by atoms with E-state index in [4.69, 9.17) is 11.8 Å². The summed E-state index contributed by atoms with van der Waals surface area (Å²) in [6, 6.07) is 1.82. The molecule has 3 heteroatoms. The van der Waals surface area contributed by atoms with Crippen LogP contribution >= 0.6 is 0 Å². The van der Waals surface area contributed by atoms with Crippen molar-refractivity contribution in [2.24, 2.45) is 0 Å². The first kappa shape index (κ1) is 8.49. The van der Waals surface area contributed by atoms with Crippen LogP contribution in [-0.4, -0.2) is 5.78 Å². The van der Waals surface area contributed by atoms with Gasteiger partial charge in [0.05, 0.1) is 12.6 Å². The Morgan fingerprint density at radius 1 is 1.58 bits per heavy atom. The molecular formula is C9H8N2O. The maximum absolute atomic E-state index is 11.0. The largest absolute Gasteiger partial charge is 0.299 e. The molecule has 12 heavy (non-hydrogen) atoms. The molecule has 0 bridgehead atoms. The Morgan fingerprint density at radius 3 is 2.83 bits per heavy atom. The lowest BCUT2D eigenvalue weighted by Crippen LogP contribution is -2.07. The van der Waals surface area contributed by atoms with E-state index in [0.717, 1.165) is 18.4 Å². The van der Waals surface area contributed by atoms with Crippen molar-refractivity contribution < 1.29 is 4.79 Å². The van der Waals surface area contributed by atoms with Gasteiger partial charge in [-0.05, 0) is 18.4 Å². The molecule has 0 aromatic carbocycles. The lowest BCUT2D eigenvalue weighted by atomic mass is 9.92. The summed E-state index contributed by atoms with van der Waals surface area (Å²) < 4.78 is 0. The lowest BCUT2D eigenvalue weighted by molar-refractivity contribution is -0.119. The Labute approximate surface area is 71.1 Å². The molecule has 1 fully saturated rings. The minimum atomic E-state index is 0.114. The van der Waals surface area contributed by atoms with Gasteiger partial charge in [0.25, 0.3) is 5.70 Å². The van der Waals surface area contributed by atoms with E-state index in [1.165, 1.54) is 0 Å². The van der Waals surface area contributed by atoms with Crippen LogP contribution in [0.4, 0.5) is 0 Å². The van der Waals surface area contributed by atoms with Gasteiger partial charge >= 0.3 is 0 Å². The molecule has 1 saturated carbocycles. The summed E-state index contributed by atoms with van der Waals surface area (Å²) in [5.74, 6) is 0.146. The van der Waals surface area contributed by atoms with Crippen LogP contribution in [0.5, 0.6) is 0 Å². The number of nitriles is 1. The van der Waals surface area contributed by atoms with Crippen LogP contribution < -0.4 is 0 Å². The average molecular weight is 160 g/mol. The van der Waals surface area contributed by atoms with E-state index in [1.54, 1.807) is 0 Å². The Morgan fingerprint density at radius 2 is 2.33 bits per heavy atom. The van der Waals surface area contributed by atoms with Crippen LogP contribution in [0.15, 0.2) is 11.3 Å². The minimum Gasteiger partial charge on any atom is -0.299 e. The highest BCUT2D eigenvalue weighted by molar-refractivity contribution is 5.82. The number of allylic oxidation sites excluding steroid dienone is 2. The predicted molar refractivity (Wildman–Crippen MR) is 42.7 cm³/mol. The molecule has 0 aromatic heterocycles. The zero-order valence-corrected chi connectivity index (χ0v) is 6.63. The number of carbonyl (C=O) groups excluding carboxylic acids is 1. The molecule has 0 N–H and O–H groups in total. The van der Waals surface area contributed by atoms with Crippen molar-refractivity contribution in [1.82, 2.24) is 0 Å². The van der Waals surface area contributed by atoms with Gasteiger partial charge in [0.2, 0.25) is 0 Å². The van der Waals surface area contributed by atoms with E-state index in [2.05, 4.69) is 4.85 Å². The average Bonchev–Trinajstić information content (AvgIpc) is 2.07. The van der Waals surface area contributed by atoms with Gasteiger partial charge in [0.15, 0.2) is 0 Å². The zero-order valence-electron chi connectivity index (χ0n) is 6.63. The molecule has 1 rings (SSSR count). The van der Waals surface area contributed by atoms with Crippen LogP contribution in [-0.2, 0) is 4.79 Å². The number of nitrogens with zero attached hydrogens (tertiary/aromatic N) is 2. The smallest absolute Gasteiger partial charge is 0.261 e. The highest BCUT2D eigenvalue weighted by Crippen LogP contribution is 2.23. The van der Waals surface area contributed by atoms with Crippen LogP contribution in [0.3, 0.4) is 0 Å². The number of hydrogen-bond acceptors (Lipinski definition) is 2. The molecule has 0 aliphatic heterocycles. The van der Waals surface area contributed by atoms with E-state index < -0.39 is 0 Å². The molecule has 0 atom stereocenters. The molecule has 0 heterocycles.